The maximum absolute atomic E-state index is 11.2. The fraction of sp³-hybridized carbons (Fsp3) is 0.462. The molecule has 0 aromatic heterocycles. The molecule has 1 amide bonds. The highest BCUT2D eigenvalue weighted by molar-refractivity contribution is 5.65. The number of nitrogens with two attached hydrogens (primary N) is 1. The molecule has 0 spiro atoms. The van der Waals surface area contributed by atoms with Crippen LogP contribution in [0.5, 0.6) is 0 Å². The van der Waals surface area contributed by atoms with Crippen molar-refractivity contribution in [2.75, 3.05) is 13.2 Å². The van der Waals surface area contributed by atoms with Crippen LogP contribution in [-0.4, -0.2) is 19.2 Å². The molecule has 1 rings (SSSR count). The van der Waals surface area contributed by atoms with Crippen LogP contribution in [0.1, 0.15) is 24.8 Å². The summed E-state index contributed by atoms with van der Waals surface area (Å²) in [6.45, 7) is 1.38. The van der Waals surface area contributed by atoms with Crippen molar-refractivity contribution >= 4 is 6.09 Å². The van der Waals surface area contributed by atoms with E-state index in [-0.39, 0.29) is 0 Å². The van der Waals surface area contributed by atoms with Crippen molar-refractivity contribution in [1.29, 1.82) is 0 Å². The van der Waals surface area contributed by atoms with Gasteiger partial charge in [-0.2, -0.15) is 5.48 Å². The van der Waals surface area contributed by atoms with Gasteiger partial charge in [0.05, 0.1) is 13.2 Å². The molecule has 3 N–H and O–H groups in total. The van der Waals surface area contributed by atoms with E-state index >= 15 is 0 Å². The smallest absolute Gasteiger partial charge is 0.431 e. The molecule has 5 nitrogen and oxygen atoms in total. The number of benzene rings is 1. The second-order valence-corrected chi connectivity index (χ2v) is 3.86. The molecular weight excluding hydrogens is 232 g/mol. The van der Waals surface area contributed by atoms with Crippen LogP contribution in [0.3, 0.4) is 0 Å². The highest BCUT2D eigenvalue weighted by Crippen LogP contribution is 1.99. The van der Waals surface area contributed by atoms with Crippen LogP contribution in [-0.2, 0) is 16.2 Å². The summed E-state index contributed by atoms with van der Waals surface area (Å²) in [4.78, 5) is 16.2. The topological polar surface area (TPSA) is 73.6 Å². The van der Waals surface area contributed by atoms with Crippen molar-refractivity contribution in [1.82, 2.24) is 5.48 Å². The number of hydroxylamine groups is 1. The van der Waals surface area contributed by atoms with Gasteiger partial charge in [0.15, 0.2) is 0 Å². The molecule has 0 aliphatic heterocycles. The van der Waals surface area contributed by atoms with Crippen LogP contribution in [0.4, 0.5) is 4.79 Å². The van der Waals surface area contributed by atoms with E-state index in [1.165, 1.54) is 0 Å². The summed E-state index contributed by atoms with van der Waals surface area (Å²) in [5.74, 6) is 0. The average Bonchev–Trinajstić information content (AvgIpc) is 2.40. The Kier molecular flexibility index (Phi) is 7.59. The first kappa shape index (κ1) is 14.5. The van der Waals surface area contributed by atoms with Crippen molar-refractivity contribution in [3.8, 4) is 0 Å². The van der Waals surface area contributed by atoms with E-state index in [9.17, 15) is 4.79 Å². The minimum atomic E-state index is -0.557. The molecule has 0 saturated heterocycles. The first-order valence-electron chi connectivity index (χ1n) is 6.11. The van der Waals surface area contributed by atoms with E-state index < -0.39 is 6.09 Å². The van der Waals surface area contributed by atoms with Crippen molar-refractivity contribution in [3.63, 3.8) is 0 Å². The third-order valence-corrected chi connectivity index (χ3v) is 2.32. The zero-order valence-electron chi connectivity index (χ0n) is 10.4. The zero-order chi connectivity index (χ0) is 13.1. The lowest BCUT2D eigenvalue weighted by molar-refractivity contribution is 0.0180. The Bertz CT molecular complexity index is 330. The number of unbranched alkanes of at least 4 members (excludes halogenated alkanes) is 2. The number of nitrogens with one attached hydrogen (secondary N) is 1. The molecule has 18 heavy (non-hydrogen) atoms. The number of amides is 1. The first-order valence-corrected chi connectivity index (χ1v) is 6.11. The quantitative estimate of drug-likeness (QED) is 0.548. The van der Waals surface area contributed by atoms with Crippen molar-refractivity contribution in [2.24, 2.45) is 5.73 Å². The highest BCUT2D eigenvalue weighted by atomic mass is 16.7. The third-order valence-electron chi connectivity index (χ3n) is 2.32. The number of rotatable bonds is 8. The summed E-state index contributed by atoms with van der Waals surface area (Å²) in [5, 5.41) is 0. The highest BCUT2D eigenvalue weighted by Gasteiger charge is 2.01. The Labute approximate surface area is 107 Å². The molecule has 100 valence electrons. The van der Waals surface area contributed by atoms with Crippen LogP contribution in [0.15, 0.2) is 30.3 Å². The van der Waals surface area contributed by atoms with E-state index in [1.807, 2.05) is 30.3 Å². The fourth-order valence-corrected chi connectivity index (χ4v) is 1.37. The van der Waals surface area contributed by atoms with Gasteiger partial charge in [0.1, 0.15) is 0 Å². The lowest BCUT2D eigenvalue weighted by Crippen LogP contribution is -2.24. The van der Waals surface area contributed by atoms with Crippen LogP contribution < -0.4 is 11.2 Å². The molecule has 0 aliphatic carbocycles. The molecule has 0 fully saturated rings. The Morgan fingerprint density at radius 1 is 1.17 bits per heavy atom. The molecule has 1 aromatic rings. The second-order valence-electron chi connectivity index (χ2n) is 3.86. The maximum atomic E-state index is 11.2. The molecule has 0 heterocycles. The predicted octanol–water partition coefficient (Wildman–Crippen LogP) is 1.97. The fourth-order valence-electron chi connectivity index (χ4n) is 1.37. The molecule has 0 bridgehead atoms. The van der Waals surface area contributed by atoms with Crippen molar-refractivity contribution < 1.29 is 14.4 Å². The molecular formula is C13H20N2O3. The molecule has 0 atom stereocenters. The normalized spacial score (nSPS) is 10.1. The summed E-state index contributed by atoms with van der Waals surface area (Å²) in [6.07, 6.45) is 2.19. The van der Waals surface area contributed by atoms with E-state index in [0.29, 0.717) is 19.8 Å². The van der Waals surface area contributed by atoms with Gasteiger partial charge in [-0.3, -0.25) is 4.84 Å². The van der Waals surface area contributed by atoms with Gasteiger partial charge in [-0.1, -0.05) is 30.3 Å². The van der Waals surface area contributed by atoms with Crippen LogP contribution >= 0.6 is 0 Å². The Morgan fingerprint density at radius 2 is 1.94 bits per heavy atom. The van der Waals surface area contributed by atoms with Gasteiger partial charge >= 0.3 is 6.09 Å². The second kappa shape index (κ2) is 9.44. The van der Waals surface area contributed by atoms with Gasteiger partial charge in [0.25, 0.3) is 0 Å². The van der Waals surface area contributed by atoms with Gasteiger partial charge < -0.3 is 10.5 Å². The van der Waals surface area contributed by atoms with Crippen molar-refractivity contribution in [3.05, 3.63) is 35.9 Å². The Morgan fingerprint density at radius 3 is 2.67 bits per heavy atom. The van der Waals surface area contributed by atoms with E-state index in [4.69, 9.17) is 15.3 Å². The van der Waals surface area contributed by atoms with E-state index in [0.717, 1.165) is 24.8 Å². The molecule has 0 saturated carbocycles. The maximum Gasteiger partial charge on any atom is 0.431 e. The summed E-state index contributed by atoms with van der Waals surface area (Å²) >= 11 is 0. The molecule has 0 radical (unpaired) electrons. The summed E-state index contributed by atoms with van der Waals surface area (Å²) < 4.78 is 4.91. The van der Waals surface area contributed by atoms with Gasteiger partial charge in [-0.05, 0) is 31.4 Å². The molecule has 0 unspecified atom stereocenters. The third kappa shape index (κ3) is 6.88. The van der Waals surface area contributed by atoms with E-state index in [1.54, 1.807) is 0 Å². The lowest BCUT2D eigenvalue weighted by atomic mass is 10.2. The minimum absolute atomic E-state index is 0.323. The number of hydrogen-bond acceptors (Lipinski definition) is 4. The van der Waals surface area contributed by atoms with Gasteiger partial charge in [0.2, 0.25) is 0 Å². The summed E-state index contributed by atoms with van der Waals surface area (Å²) in [6, 6.07) is 9.58. The zero-order valence-corrected chi connectivity index (χ0v) is 10.4. The van der Waals surface area contributed by atoms with Gasteiger partial charge in [0, 0.05) is 0 Å². The van der Waals surface area contributed by atoms with Crippen LogP contribution in [0.25, 0.3) is 0 Å². The largest absolute Gasteiger partial charge is 0.448 e. The first-order chi connectivity index (χ1) is 8.83. The monoisotopic (exact) mass is 252 g/mol. The predicted molar refractivity (Wildman–Crippen MR) is 68.6 cm³/mol. The van der Waals surface area contributed by atoms with Crippen LogP contribution in [0.2, 0.25) is 0 Å². The summed E-state index contributed by atoms with van der Waals surface area (Å²) in [5.41, 5.74) is 8.57. The number of carbonyl (C=O) groups is 1. The number of carbonyl (C=O) groups excluding carboxylic acids is 1. The molecule has 1 aromatic carbocycles. The minimum Gasteiger partial charge on any atom is -0.448 e. The Hall–Kier alpha value is -1.59. The van der Waals surface area contributed by atoms with Gasteiger partial charge in [-0.25, -0.2) is 4.79 Å². The SMILES string of the molecule is NCCCCCOC(=O)NOCc1ccccc1. The standard InChI is InChI=1S/C13H20N2O3/c14-9-5-2-6-10-17-13(16)15-18-11-12-7-3-1-4-8-12/h1,3-4,7-8H,2,5-6,9-11,14H2,(H,15,16). The van der Waals surface area contributed by atoms with E-state index in [2.05, 4.69) is 5.48 Å². The van der Waals surface area contributed by atoms with Crippen LogP contribution in [0, 0.1) is 0 Å². The summed E-state index contributed by atoms with van der Waals surface area (Å²) in [7, 11) is 0. The van der Waals surface area contributed by atoms with Gasteiger partial charge in [-0.15, -0.1) is 0 Å². The Balaban J connectivity index is 2.00. The molecule has 5 heteroatoms. The number of ether oxygens (including phenoxy) is 1. The van der Waals surface area contributed by atoms with Crippen molar-refractivity contribution in [2.45, 2.75) is 25.9 Å². The average molecular weight is 252 g/mol. The molecule has 0 aliphatic rings. The number of hydrogen-bond donors (Lipinski definition) is 2. The lowest BCUT2D eigenvalue weighted by Gasteiger charge is -2.07.